The summed E-state index contributed by atoms with van der Waals surface area (Å²) in [6.07, 6.45) is -3.96. The molecule has 1 amide bonds. The lowest BCUT2D eigenvalue weighted by Crippen LogP contribution is -2.29. The Kier molecular flexibility index (Phi) is 7.01. The minimum Gasteiger partial charge on any atom is -0.494 e. The third-order valence-corrected chi connectivity index (χ3v) is 6.75. The summed E-state index contributed by atoms with van der Waals surface area (Å²) in [6, 6.07) is 20.6. The first kappa shape index (κ1) is 26.2. The lowest BCUT2D eigenvalue weighted by Gasteiger charge is -2.19. The predicted molar refractivity (Wildman–Crippen MR) is 143 cm³/mol. The second-order valence-corrected chi connectivity index (χ2v) is 9.06. The number of fused-ring (bicyclic) bond motifs is 2. The molecule has 0 bridgehead atoms. The maximum absolute atomic E-state index is 13.5. The van der Waals surface area contributed by atoms with Gasteiger partial charge in [-0.3, -0.25) is 4.79 Å². The van der Waals surface area contributed by atoms with Crippen LogP contribution >= 0.6 is 0 Å². The molecule has 0 aliphatic heterocycles. The van der Waals surface area contributed by atoms with Crippen molar-refractivity contribution in [1.29, 1.82) is 0 Å². The number of benzene rings is 3. The Morgan fingerprint density at radius 3 is 2.54 bits per heavy atom. The van der Waals surface area contributed by atoms with Gasteiger partial charge < -0.3 is 20.2 Å². The second-order valence-electron chi connectivity index (χ2n) is 9.06. The van der Waals surface area contributed by atoms with Crippen LogP contribution in [0.5, 0.6) is 5.75 Å². The lowest BCUT2D eigenvalue weighted by atomic mass is 9.97. The van der Waals surface area contributed by atoms with Crippen LogP contribution in [0.25, 0.3) is 33.0 Å². The van der Waals surface area contributed by atoms with Gasteiger partial charge in [0, 0.05) is 10.9 Å². The average molecular weight is 534 g/mol. The third kappa shape index (κ3) is 4.93. The Labute approximate surface area is 222 Å². The van der Waals surface area contributed by atoms with Gasteiger partial charge in [0.25, 0.3) is 5.91 Å². The van der Waals surface area contributed by atoms with Crippen molar-refractivity contribution in [1.82, 2.24) is 10.3 Å². The SMILES string of the molecule is CC[C@H](NC(=O)c1cc(-c2ccc(OC)c3nc(C(F)(F)F)ccc23)oc1CN)c1cccc2ccccc12. The van der Waals surface area contributed by atoms with Gasteiger partial charge in [-0.1, -0.05) is 49.4 Å². The van der Waals surface area contributed by atoms with E-state index < -0.39 is 11.9 Å². The summed E-state index contributed by atoms with van der Waals surface area (Å²) >= 11 is 0. The standard InChI is InChI=1S/C30H26F3N3O3/c1-3-23(19-10-6-8-17-7-4-5-9-18(17)19)35-29(37)22-15-25(39-26(22)16-34)20-11-13-24(38-2)28-21(20)12-14-27(36-28)30(31,32)33/h4-15,23H,3,16,34H2,1-2H3,(H,35,37)/t23-/m0/s1. The number of ether oxygens (including phenoxy) is 1. The highest BCUT2D eigenvalue weighted by molar-refractivity contribution is 6.00. The summed E-state index contributed by atoms with van der Waals surface area (Å²) in [5, 5.41) is 5.61. The van der Waals surface area contributed by atoms with Crippen LogP contribution in [0.1, 0.15) is 46.8 Å². The number of nitrogens with two attached hydrogens (primary N) is 1. The highest BCUT2D eigenvalue weighted by Gasteiger charge is 2.33. The molecule has 0 unspecified atom stereocenters. The first-order valence-corrected chi connectivity index (χ1v) is 12.4. The summed E-state index contributed by atoms with van der Waals surface area (Å²) in [4.78, 5) is 17.3. The van der Waals surface area contributed by atoms with E-state index in [2.05, 4.69) is 10.3 Å². The van der Waals surface area contributed by atoms with Crippen LogP contribution in [0.3, 0.4) is 0 Å². The summed E-state index contributed by atoms with van der Waals surface area (Å²) < 4.78 is 51.2. The zero-order valence-electron chi connectivity index (χ0n) is 21.3. The fourth-order valence-electron chi connectivity index (χ4n) is 4.82. The number of nitrogens with one attached hydrogen (secondary N) is 1. The number of alkyl halides is 3. The molecule has 0 aliphatic carbocycles. The molecule has 2 heterocycles. The maximum atomic E-state index is 13.5. The average Bonchev–Trinajstić information content (AvgIpc) is 3.38. The van der Waals surface area contributed by atoms with Gasteiger partial charge in [-0.25, -0.2) is 4.98 Å². The molecule has 200 valence electrons. The molecule has 1 atom stereocenters. The largest absolute Gasteiger partial charge is 0.494 e. The Balaban J connectivity index is 1.53. The van der Waals surface area contributed by atoms with Crippen molar-refractivity contribution < 1.29 is 27.1 Å². The van der Waals surface area contributed by atoms with Crippen molar-refractivity contribution >= 4 is 27.6 Å². The number of carbonyl (C=O) groups is 1. The molecular formula is C30H26F3N3O3. The maximum Gasteiger partial charge on any atom is 0.433 e. The number of methoxy groups -OCH3 is 1. The van der Waals surface area contributed by atoms with E-state index in [1.165, 1.54) is 19.2 Å². The van der Waals surface area contributed by atoms with E-state index in [0.29, 0.717) is 17.4 Å². The fourth-order valence-corrected chi connectivity index (χ4v) is 4.82. The van der Waals surface area contributed by atoms with Crippen molar-refractivity contribution in [3.05, 3.63) is 95.4 Å². The molecule has 2 aromatic heterocycles. The lowest BCUT2D eigenvalue weighted by molar-refractivity contribution is -0.140. The number of aromatic nitrogens is 1. The molecule has 0 saturated heterocycles. The highest BCUT2D eigenvalue weighted by Crippen LogP contribution is 2.38. The van der Waals surface area contributed by atoms with E-state index in [4.69, 9.17) is 14.9 Å². The monoisotopic (exact) mass is 533 g/mol. The molecule has 0 fully saturated rings. The van der Waals surface area contributed by atoms with Crippen LogP contribution in [0.4, 0.5) is 13.2 Å². The van der Waals surface area contributed by atoms with Crippen molar-refractivity contribution in [2.45, 2.75) is 32.1 Å². The number of halogens is 3. The molecule has 0 saturated carbocycles. The van der Waals surface area contributed by atoms with Crippen LogP contribution in [0.15, 0.2) is 77.2 Å². The zero-order valence-corrected chi connectivity index (χ0v) is 21.3. The number of pyridine rings is 1. The second kappa shape index (κ2) is 10.4. The number of carbonyl (C=O) groups excluding carboxylic acids is 1. The molecular weight excluding hydrogens is 507 g/mol. The van der Waals surface area contributed by atoms with Gasteiger partial charge in [0.1, 0.15) is 28.5 Å². The van der Waals surface area contributed by atoms with Crippen molar-refractivity contribution in [2.75, 3.05) is 7.11 Å². The van der Waals surface area contributed by atoms with Gasteiger partial charge in [-0.2, -0.15) is 13.2 Å². The highest BCUT2D eigenvalue weighted by atomic mass is 19.4. The van der Waals surface area contributed by atoms with E-state index in [1.807, 2.05) is 49.4 Å². The predicted octanol–water partition coefficient (Wildman–Crippen LogP) is 7.02. The van der Waals surface area contributed by atoms with Gasteiger partial charge in [0.15, 0.2) is 0 Å². The number of rotatable bonds is 7. The molecule has 39 heavy (non-hydrogen) atoms. The molecule has 9 heteroatoms. The van der Waals surface area contributed by atoms with Crippen LogP contribution in [-0.2, 0) is 12.7 Å². The number of hydrogen-bond donors (Lipinski definition) is 2. The van der Waals surface area contributed by atoms with E-state index in [-0.39, 0.29) is 46.8 Å². The smallest absolute Gasteiger partial charge is 0.433 e. The molecule has 0 radical (unpaired) electrons. The van der Waals surface area contributed by atoms with E-state index in [9.17, 15) is 18.0 Å². The Hall–Kier alpha value is -4.37. The normalized spacial score (nSPS) is 12.6. The van der Waals surface area contributed by atoms with Gasteiger partial charge >= 0.3 is 6.18 Å². The fraction of sp³-hybridized carbons (Fsp3) is 0.200. The van der Waals surface area contributed by atoms with E-state index in [0.717, 1.165) is 22.4 Å². The zero-order chi connectivity index (χ0) is 27.7. The first-order chi connectivity index (χ1) is 18.7. The van der Waals surface area contributed by atoms with Crippen LogP contribution < -0.4 is 15.8 Å². The van der Waals surface area contributed by atoms with Gasteiger partial charge in [0.2, 0.25) is 0 Å². The van der Waals surface area contributed by atoms with Crippen molar-refractivity contribution in [3.63, 3.8) is 0 Å². The van der Waals surface area contributed by atoms with Crippen LogP contribution in [0.2, 0.25) is 0 Å². The summed E-state index contributed by atoms with van der Waals surface area (Å²) in [5.74, 6) is 0.372. The number of furan rings is 1. The molecule has 3 aromatic carbocycles. The quantitative estimate of drug-likeness (QED) is 0.235. The Morgan fingerprint density at radius 2 is 1.82 bits per heavy atom. The molecule has 3 N–H and O–H groups in total. The minimum absolute atomic E-state index is 0.0310. The third-order valence-electron chi connectivity index (χ3n) is 6.75. The molecule has 5 aromatic rings. The van der Waals surface area contributed by atoms with Crippen molar-refractivity contribution in [2.24, 2.45) is 5.73 Å². The number of amides is 1. The van der Waals surface area contributed by atoms with Crippen LogP contribution in [0, 0.1) is 0 Å². The molecule has 5 rings (SSSR count). The summed E-state index contributed by atoms with van der Waals surface area (Å²) in [6.45, 7) is 1.95. The molecule has 0 spiro atoms. The number of nitrogens with zero attached hydrogens (tertiary/aromatic N) is 1. The van der Waals surface area contributed by atoms with Gasteiger partial charge in [0.05, 0.1) is 25.3 Å². The van der Waals surface area contributed by atoms with E-state index in [1.54, 1.807) is 12.1 Å². The summed E-state index contributed by atoms with van der Waals surface area (Å²) in [5.41, 5.74) is 6.63. The first-order valence-electron chi connectivity index (χ1n) is 12.4. The number of hydrogen-bond acceptors (Lipinski definition) is 5. The van der Waals surface area contributed by atoms with Gasteiger partial charge in [-0.05, 0) is 53.1 Å². The van der Waals surface area contributed by atoms with Crippen molar-refractivity contribution in [3.8, 4) is 17.1 Å². The van der Waals surface area contributed by atoms with E-state index >= 15 is 0 Å². The minimum atomic E-state index is -4.61. The molecule has 0 aliphatic rings. The Morgan fingerprint density at radius 1 is 1.05 bits per heavy atom. The topological polar surface area (TPSA) is 90.4 Å². The summed E-state index contributed by atoms with van der Waals surface area (Å²) in [7, 11) is 1.36. The molecule has 6 nitrogen and oxygen atoms in total. The van der Waals surface area contributed by atoms with Crippen LogP contribution in [-0.4, -0.2) is 18.0 Å². The van der Waals surface area contributed by atoms with Gasteiger partial charge in [-0.15, -0.1) is 0 Å². The Bertz CT molecular complexity index is 1670.